The van der Waals surface area contributed by atoms with Crippen molar-refractivity contribution in [1.82, 2.24) is 4.90 Å². The van der Waals surface area contributed by atoms with E-state index in [0.717, 1.165) is 20.3 Å². The Hall–Kier alpha value is -2.79. The third kappa shape index (κ3) is 5.89. The summed E-state index contributed by atoms with van der Waals surface area (Å²) in [5.41, 5.74) is 2.43. The van der Waals surface area contributed by atoms with Gasteiger partial charge in [-0.05, 0) is 82.4 Å². The lowest BCUT2D eigenvalue weighted by atomic mass is 9.69. The molecule has 0 saturated carbocycles. The number of rotatable bonds is 8. The largest absolute Gasteiger partial charge is 0.493 e. The van der Waals surface area contributed by atoms with Gasteiger partial charge >= 0.3 is 17.3 Å². The number of hydrogen-bond donors (Lipinski definition) is 0. The molecule has 0 N–H and O–H groups in total. The maximum atomic E-state index is 12.6. The van der Waals surface area contributed by atoms with Gasteiger partial charge in [-0.1, -0.05) is 24.3 Å². The SMILES string of the molecule is COc1ccc2c3c1O[C@H]1C[C@@H](OC(=O)CCCC(=O)OCc4ccc(I)cc4)C=C[C@@]31CCN(C(=O)Cl)C2. The summed E-state index contributed by atoms with van der Waals surface area (Å²) >= 11 is 8.07. The number of carbonyl (C=O) groups excluding carboxylic acids is 3. The minimum atomic E-state index is -0.487. The van der Waals surface area contributed by atoms with Gasteiger partial charge < -0.3 is 23.8 Å². The molecule has 0 unspecified atom stereocenters. The Balaban J connectivity index is 1.18. The lowest BCUT2D eigenvalue weighted by Gasteiger charge is -2.36. The number of ether oxygens (including phenoxy) is 4. The lowest BCUT2D eigenvalue weighted by molar-refractivity contribution is -0.149. The van der Waals surface area contributed by atoms with Crippen LogP contribution in [0, 0.1) is 3.57 Å². The van der Waals surface area contributed by atoms with Crippen molar-refractivity contribution < 1.29 is 33.3 Å². The van der Waals surface area contributed by atoms with E-state index in [4.69, 9.17) is 30.5 Å². The maximum Gasteiger partial charge on any atom is 0.316 e. The zero-order valence-electron chi connectivity index (χ0n) is 21.5. The molecule has 3 atom stereocenters. The molecule has 0 radical (unpaired) electrons. The minimum Gasteiger partial charge on any atom is -0.493 e. The van der Waals surface area contributed by atoms with Crippen LogP contribution in [-0.4, -0.2) is 48.1 Å². The molecule has 206 valence electrons. The third-order valence-electron chi connectivity index (χ3n) is 7.55. The van der Waals surface area contributed by atoms with Crippen LogP contribution in [0.25, 0.3) is 0 Å². The zero-order valence-corrected chi connectivity index (χ0v) is 24.4. The average molecular weight is 666 g/mol. The van der Waals surface area contributed by atoms with Crippen LogP contribution in [0.3, 0.4) is 0 Å². The van der Waals surface area contributed by atoms with E-state index in [1.165, 1.54) is 0 Å². The van der Waals surface area contributed by atoms with Crippen molar-refractivity contribution in [2.24, 2.45) is 0 Å². The number of methoxy groups -OCH3 is 1. The Bertz CT molecular complexity index is 1300. The molecule has 3 aliphatic rings. The number of esters is 2. The molecule has 0 fully saturated rings. The topological polar surface area (TPSA) is 91.4 Å². The van der Waals surface area contributed by atoms with Gasteiger partial charge in [0.2, 0.25) is 0 Å². The summed E-state index contributed by atoms with van der Waals surface area (Å²) in [6.07, 6.45) is 4.91. The van der Waals surface area contributed by atoms with Crippen molar-refractivity contribution in [1.29, 1.82) is 0 Å². The molecule has 1 amide bonds. The highest BCUT2D eigenvalue weighted by Gasteiger charge is 2.53. The molecular formula is C29H29ClINO7. The number of benzene rings is 2. The first kappa shape index (κ1) is 27.8. The summed E-state index contributed by atoms with van der Waals surface area (Å²) in [4.78, 5) is 38.3. The minimum absolute atomic E-state index is 0.116. The highest BCUT2D eigenvalue weighted by atomic mass is 127. The Morgan fingerprint density at radius 2 is 1.90 bits per heavy atom. The molecule has 0 bridgehead atoms. The highest BCUT2D eigenvalue weighted by Crippen LogP contribution is 2.56. The summed E-state index contributed by atoms with van der Waals surface area (Å²) in [5, 5.41) is -0.487. The zero-order chi connectivity index (χ0) is 27.6. The summed E-state index contributed by atoms with van der Waals surface area (Å²) in [6, 6.07) is 11.5. The first-order valence-corrected chi connectivity index (χ1v) is 14.3. The molecule has 8 nitrogen and oxygen atoms in total. The Morgan fingerprint density at radius 3 is 2.64 bits per heavy atom. The van der Waals surface area contributed by atoms with E-state index in [9.17, 15) is 14.4 Å². The molecule has 0 aromatic heterocycles. The number of hydrogen-bond acceptors (Lipinski definition) is 7. The number of amides is 1. The van der Waals surface area contributed by atoms with Crippen molar-refractivity contribution in [3.63, 3.8) is 0 Å². The number of halogens is 2. The predicted octanol–water partition coefficient (Wildman–Crippen LogP) is 5.65. The molecule has 10 heteroatoms. The predicted molar refractivity (Wildman–Crippen MR) is 152 cm³/mol. The molecule has 1 spiro atoms. The summed E-state index contributed by atoms with van der Waals surface area (Å²) in [5.74, 6) is 0.577. The Labute approximate surface area is 245 Å². The fourth-order valence-corrected chi connectivity index (χ4v) is 6.09. The molecule has 2 aromatic rings. The van der Waals surface area contributed by atoms with E-state index in [0.29, 0.717) is 43.9 Å². The second kappa shape index (κ2) is 11.8. The van der Waals surface area contributed by atoms with E-state index >= 15 is 0 Å². The standard InChI is InChI=1S/C29H29ClINO7/c1-36-22-10-7-19-16-32(28(30)35)14-13-29-12-11-21(15-23(29)39-27(22)26(19)29)38-25(34)4-2-3-24(33)37-17-18-5-8-20(31)9-6-18/h5-12,21,23H,2-4,13-17H2,1H3/t21-,23-,29-/m0/s1. The Morgan fingerprint density at radius 1 is 1.13 bits per heavy atom. The first-order valence-electron chi connectivity index (χ1n) is 12.9. The molecule has 0 saturated heterocycles. The Kier molecular flexibility index (Phi) is 8.37. The molecule has 2 aromatic carbocycles. The van der Waals surface area contributed by atoms with Crippen LogP contribution >= 0.6 is 34.2 Å². The van der Waals surface area contributed by atoms with Crippen LogP contribution in [0.5, 0.6) is 11.5 Å². The lowest BCUT2D eigenvalue weighted by Crippen LogP contribution is -2.44. The van der Waals surface area contributed by atoms with Gasteiger partial charge in [-0.15, -0.1) is 0 Å². The van der Waals surface area contributed by atoms with Crippen LogP contribution in [-0.2, 0) is 37.6 Å². The van der Waals surface area contributed by atoms with E-state index in [2.05, 4.69) is 28.7 Å². The van der Waals surface area contributed by atoms with Gasteiger partial charge in [0.05, 0.1) is 12.5 Å². The van der Waals surface area contributed by atoms with Crippen molar-refractivity contribution in [3.8, 4) is 11.5 Å². The van der Waals surface area contributed by atoms with Crippen molar-refractivity contribution >= 4 is 51.5 Å². The molecule has 1 aliphatic carbocycles. The maximum absolute atomic E-state index is 12.6. The van der Waals surface area contributed by atoms with E-state index in [-0.39, 0.29) is 37.5 Å². The third-order valence-corrected chi connectivity index (χ3v) is 8.50. The molecular weight excluding hydrogens is 637 g/mol. The fourth-order valence-electron chi connectivity index (χ4n) is 5.58. The number of nitrogens with zero attached hydrogens (tertiary/aromatic N) is 1. The van der Waals surface area contributed by atoms with Gasteiger partial charge in [-0.3, -0.25) is 14.4 Å². The number of carbonyl (C=O) groups is 3. The van der Waals surface area contributed by atoms with Gasteiger partial charge in [0, 0.05) is 41.5 Å². The van der Waals surface area contributed by atoms with Crippen molar-refractivity contribution in [3.05, 3.63) is 68.8 Å². The van der Waals surface area contributed by atoms with E-state index in [1.54, 1.807) is 12.0 Å². The summed E-state index contributed by atoms with van der Waals surface area (Å²) < 4.78 is 24.1. The van der Waals surface area contributed by atoms with Crippen molar-refractivity contribution in [2.45, 2.75) is 62.9 Å². The van der Waals surface area contributed by atoms with Gasteiger partial charge in [0.15, 0.2) is 11.5 Å². The van der Waals surface area contributed by atoms with Crippen LogP contribution < -0.4 is 9.47 Å². The monoisotopic (exact) mass is 665 g/mol. The first-order chi connectivity index (χ1) is 18.8. The smallest absolute Gasteiger partial charge is 0.316 e. The van der Waals surface area contributed by atoms with Crippen LogP contribution in [0.2, 0.25) is 0 Å². The molecule has 39 heavy (non-hydrogen) atoms. The second-order valence-corrected chi connectivity index (χ2v) is 11.5. The normalized spacial score (nSPS) is 22.7. The van der Waals surface area contributed by atoms with E-state index in [1.807, 2.05) is 42.5 Å². The van der Waals surface area contributed by atoms with Crippen LogP contribution in [0.4, 0.5) is 4.79 Å². The molecule has 5 rings (SSSR count). The molecule has 2 aliphatic heterocycles. The summed E-state index contributed by atoms with van der Waals surface area (Å²) in [7, 11) is 1.60. The van der Waals surface area contributed by atoms with Gasteiger partial charge in [-0.25, -0.2) is 0 Å². The van der Waals surface area contributed by atoms with E-state index < -0.39 is 16.9 Å². The van der Waals surface area contributed by atoms with Crippen LogP contribution in [0.1, 0.15) is 48.8 Å². The van der Waals surface area contributed by atoms with Gasteiger partial charge in [-0.2, -0.15) is 0 Å². The second-order valence-electron chi connectivity index (χ2n) is 9.97. The average Bonchev–Trinajstić information content (AvgIpc) is 3.15. The highest BCUT2D eigenvalue weighted by molar-refractivity contribution is 14.1. The van der Waals surface area contributed by atoms with Crippen LogP contribution in [0.15, 0.2) is 48.6 Å². The quantitative estimate of drug-likeness (QED) is 0.118. The van der Waals surface area contributed by atoms with Gasteiger partial charge in [0.1, 0.15) is 18.8 Å². The fraction of sp³-hybridized carbons (Fsp3) is 0.414. The van der Waals surface area contributed by atoms with Crippen molar-refractivity contribution in [2.75, 3.05) is 13.7 Å². The van der Waals surface area contributed by atoms with Gasteiger partial charge in [0.25, 0.3) is 0 Å². The molecule has 2 heterocycles. The summed E-state index contributed by atoms with van der Waals surface area (Å²) in [6.45, 7) is 1.08.